The molecule has 0 aliphatic heterocycles. The highest BCUT2D eigenvalue weighted by atomic mass is 32.2. The van der Waals surface area contributed by atoms with Gasteiger partial charge in [0.05, 0.1) is 17.0 Å². The summed E-state index contributed by atoms with van der Waals surface area (Å²) in [5.41, 5.74) is -0.844. The molecule has 0 radical (unpaired) electrons. The summed E-state index contributed by atoms with van der Waals surface area (Å²) < 4.78 is 104. The first-order valence-electron chi connectivity index (χ1n) is 7.38. The summed E-state index contributed by atoms with van der Waals surface area (Å²) >= 11 is 0. The Hall–Kier alpha value is -2.71. The Morgan fingerprint density at radius 3 is 2.18 bits per heavy atom. The molecule has 2 rings (SSSR count). The van der Waals surface area contributed by atoms with E-state index in [1.807, 2.05) is 0 Å². The van der Waals surface area contributed by atoms with Crippen molar-refractivity contribution in [2.24, 2.45) is 0 Å². The Kier molecular flexibility index (Phi) is 6.26. The van der Waals surface area contributed by atoms with E-state index in [9.17, 15) is 34.8 Å². The number of hydrogen-bond acceptors (Lipinski definition) is 3. The van der Waals surface area contributed by atoms with Crippen molar-refractivity contribution in [3.8, 4) is 17.6 Å². The average Bonchev–Trinajstić information content (AvgIpc) is 2.57. The highest BCUT2D eigenvalue weighted by Crippen LogP contribution is 2.29. The fraction of sp³-hybridized carbons (Fsp3) is 0.176. The molecule has 2 aromatic carbocycles. The van der Waals surface area contributed by atoms with Gasteiger partial charge >= 0.3 is 12.5 Å². The Labute approximate surface area is 156 Å². The van der Waals surface area contributed by atoms with Crippen LogP contribution < -0.4 is 9.46 Å². The van der Waals surface area contributed by atoms with Gasteiger partial charge in [-0.15, -0.1) is 13.2 Å². The lowest BCUT2D eigenvalue weighted by molar-refractivity contribution is -0.274. The number of rotatable bonds is 4. The first kappa shape index (κ1) is 21.6. The van der Waals surface area contributed by atoms with E-state index in [0.717, 1.165) is 36.4 Å². The van der Waals surface area contributed by atoms with E-state index in [4.69, 9.17) is 0 Å². The number of hydrogen-bond donors (Lipinski definition) is 1. The fourth-order valence-electron chi connectivity index (χ4n) is 1.95. The SMILES string of the molecule is O=S(=O)(NCC#Cc1cccc(C(F)(F)F)c1)c1ccc(OC(F)(F)F)cc1. The molecule has 2 aromatic rings. The van der Waals surface area contributed by atoms with Gasteiger partial charge in [0.2, 0.25) is 10.0 Å². The zero-order valence-electron chi connectivity index (χ0n) is 13.7. The molecule has 0 saturated heterocycles. The summed E-state index contributed by atoms with van der Waals surface area (Å²) in [5.74, 6) is 4.17. The summed E-state index contributed by atoms with van der Waals surface area (Å²) in [4.78, 5) is -0.331. The predicted molar refractivity (Wildman–Crippen MR) is 86.6 cm³/mol. The lowest BCUT2D eigenvalue weighted by Crippen LogP contribution is -2.24. The van der Waals surface area contributed by atoms with E-state index in [1.54, 1.807) is 0 Å². The molecule has 0 fully saturated rings. The fourth-order valence-corrected chi connectivity index (χ4v) is 2.88. The number of halogens is 6. The van der Waals surface area contributed by atoms with Gasteiger partial charge in [0.25, 0.3) is 0 Å². The van der Waals surface area contributed by atoms with Crippen LogP contribution in [-0.4, -0.2) is 21.3 Å². The molecule has 0 heterocycles. The molecule has 28 heavy (non-hydrogen) atoms. The van der Waals surface area contributed by atoms with Gasteiger partial charge < -0.3 is 4.74 Å². The Morgan fingerprint density at radius 1 is 0.964 bits per heavy atom. The van der Waals surface area contributed by atoms with Gasteiger partial charge in [-0.3, -0.25) is 0 Å². The number of benzene rings is 2. The molecule has 0 aliphatic rings. The molecule has 0 spiro atoms. The van der Waals surface area contributed by atoms with Crippen molar-refractivity contribution in [1.82, 2.24) is 4.72 Å². The van der Waals surface area contributed by atoms with Gasteiger partial charge in [-0.05, 0) is 42.5 Å². The molecule has 0 atom stereocenters. The minimum absolute atomic E-state index is 0.0441. The second-order valence-corrected chi connectivity index (χ2v) is 6.99. The van der Waals surface area contributed by atoms with E-state index in [2.05, 4.69) is 21.3 Å². The number of sulfonamides is 1. The van der Waals surface area contributed by atoms with Crippen molar-refractivity contribution in [1.29, 1.82) is 0 Å². The summed E-state index contributed by atoms with van der Waals surface area (Å²) in [5, 5.41) is 0. The third-order valence-corrected chi connectivity index (χ3v) is 4.56. The van der Waals surface area contributed by atoms with Gasteiger partial charge in [-0.2, -0.15) is 17.9 Å². The van der Waals surface area contributed by atoms with Gasteiger partial charge in [0.1, 0.15) is 5.75 Å². The standard InChI is InChI=1S/C17H11F6NO3S/c18-16(19,20)13-5-1-3-12(11-13)4-2-10-24-28(25,26)15-8-6-14(7-9-15)27-17(21,22)23/h1,3,5-9,11,24H,10H2. The highest BCUT2D eigenvalue weighted by Gasteiger charge is 2.31. The summed E-state index contributed by atoms with van der Waals surface area (Å²) in [6, 6.07) is 7.67. The van der Waals surface area contributed by atoms with Crippen LogP contribution in [-0.2, 0) is 16.2 Å². The molecule has 1 N–H and O–H groups in total. The lowest BCUT2D eigenvalue weighted by atomic mass is 10.1. The molecule has 0 aliphatic carbocycles. The topological polar surface area (TPSA) is 55.4 Å². The first-order valence-corrected chi connectivity index (χ1v) is 8.87. The van der Waals surface area contributed by atoms with Crippen molar-refractivity contribution in [3.63, 3.8) is 0 Å². The van der Waals surface area contributed by atoms with Crippen LogP contribution in [0.15, 0.2) is 53.4 Å². The summed E-state index contributed by atoms with van der Waals surface area (Å²) in [7, 11) is -4.08. The third kappa shape index (κ3) is 6.47. The predicted octanol–water partition coefficient (Wildman–Crippen LogP) is 3.93. The highest BCUT2D eigenvalue weighted by molar-refractivity contribution is 7.89. The molecule has 11 heteroatoms. The molecule has 0 aromatic heterocycles. The van der Waals surface area contributed by atoms with Gasteiger partial charge in [0.15, 0.2) is 0 Å². The summed E-state index contributed by atoms with van der Waals surface area (Å²) in [6.07, 6.45) is -9.43. The Balaban J connectivity index is 2.02. The number of ether oxygens (including phenoxy) is 1. The van der Waals surface area contributed by atoms with E-state index in [-0.39, 0.29) is 10.5 Å². The van der Waals surface area contributed by atoms with Crippen LogP contribution in [0.25, 0.3) is 0 Å². The van der Waals surface area contributed by atoms with Crippen LogP contribution in [0.5, 0.6) is 5.75 Å². The van der Waals surface area contributed by atoms with Crippen LogP contribution in [0.1, 0.15) is 11.1 Å². The van der Waals surface area contributed by atoms with Crippen LogP contribution in [0, 0.1) is 11.8 Å². The molecule has 0 amide bonds. The van der Waals surface area contributed by atoms with Crippen LogP contribution in [0.2, 0.25) is 0 Å². The molecule has 0 saturated carbocycles. The molecule has 4 nitrogen and oxygen atoms in total. The largest absolute Gasteiger partial charge is 0.573 e. The molecule has 0 bridgehead atoms. The zero-order valence-corrected chi connectivity index (χ0v) is 14.5. The second-order valence-electron chi connectivity index (χ2n) is 5.22. The molecular weight excluding hydrogens is 412 g/mol. The van der Waals surface area contributed by atoms with E-state index in [0.29, 0.717) is 0 Å². The monoisotopic (exact) mass is 423 g/mol. The van der Waals surface area contributed by atoms with E-state index >= 15 is 0 Å². The van der Waals surface area contributed by atoms with Gasteiger partial charge in [-0.1, -0.05) is 17.9 Å². The van der Waals surface area contributed by atoms with E-state index in [1.165, 1.54) is 12.1 Å². The molecule has 0 unspecified atom stereocenters. The van der Waals surface area contributed by atoms with Crippen molar-refractivity contribution >= 4 is 10.0 Å². The quantitative estimate of drug-likeness (QED) is 0.599. The van der Waals surface area contributed by atoms with Crippen molar-refractivity contribution in [2.45, 2.75) is 17.4 Å². The van der Waals surface area contributed by atoms with Crippen LogP contribution in [0.4, 0.5) is 26.3 Å². The Bertz CT molecular complexity index is 987. The zero-order chi connectivity index (χ0) is 21.0. The number of alkyl halides is 6. The maximum atomic E-state index is 12.6. The third-order valence-electron chi connectivity index (χ3n) is 3.14. The lowest BCUT2D eigenvalue weighted by Gasteiger charge is -2.09. The van der Waals surface area contributed by atoms with Crippen LogP contribution in [0.3, 0.4) is 0 Å². The maximum Gasteiger partial charge on any atom is 0.573 e. The van der Waals surface area contributed by atoms with Gasteiger partial charge in [0, 0.05) is 5.56 Å². The summed E-state index contributed by atoms with van der Waals surface area (Å²) in [6.45, 7) is -0.417. The minimum Gasteiger partial charge on any atom is -0.406 e. The van der Waals surface area contributed by atoms with E-state index < -0.39 is 40.4 Å². The first-order chi connectivity index (χ1) is 12.9. The minimum atomic E-state index is -4.91. The van der Waals surface area contributed by atoms with Gasteiger partial charge in [-0.25, -0.2) is 8.42 Å². The molecular formula is C17H11F6NO3S. The van der Waals surface area contributed by atoms with Crippen molar-refractivity contribution in [2.75, 3.05) is 6.54 Å². The Morgan fingerprint density at radius 2 is 1.61 bits per heavy atom. The average molecular weight is 423 g/mol. The maximum absolute atomic E-state index is 12.6. The van der Waals surface area contributed by atoms with Crippen molar-refractivity contribution in [3.05, 3.63) is 59.7 Å². The van der Waals surface area contributed by atoms with Crippen molar-refractivity contribution < 1.29 is 39.5 Å². The number of nitrogens with one attached hydrogen (secondary N) is 1. The normalized spacial score (nSPS) is 12.2. The second kappa shape index (κ2) is 8.12. The molecule has 150 valence electrons. The smallest absolute Gasteiger partial charge is 0.406 e. The van der Waals surface area contributed by atoms with Crippen LogP contribution >= 0.6 is 0 Å².